The molecule has 0 bridgehead atoms. The van der Waals surface area contributed by atoms with Crippen molar-refractivity contribution in [3.63, 3.8) is 0 Å². The maximum Gasteiger partial charge on any atom is 0.495 e. The van der Waals surface area contributed by atoms with Crippen LogP contribution >= 0.6 is 0 Å². The number of unbranched alkanes of at least 4 members (excludes halogenated alkanes) is 1. The van der Waals surface area contributed by atoms with Crippen molar-refractivity contribution in [3.8, 4) is 0 Å². The second-order valence-corrected chi connectivity index (χ2v) is 7.27. The monoisotopic (exact) mass is 288 g/mol. The average molecular weight is 288 g/mol. The normalized spacial score (nSPS) is 20.0. The fourth-order valence-corrected chi connectivity index (χ4v) is 2.77. The van der Waals surface area contributed by atoms with Crippen molar-refractivity contribution >= 4 is 12.6 Å². The van der Waals surface area contributed by atoms with Crippen LogP contribution in [0, 0.1) is 13.8 Å². The lowest BCUT2D eigenvalue weighted by Gasteiger charge is -2.32. The maximum atomic E-state index is 6.28. The zero-order chi connectivity index (χ0) is 15.8. The van der Waals surface area contributed by atoms with Crippen LogP contribution in [-0.4, -0.2) is 18.3 Å². The molecule has 1 heterocycles. The summed E-state index contributed by atoms with van der Waals surface area (Å²) in [6, 6.07) is 4.47. The lowest BCUT2D eigenvalue weighted by atomic mass is 9.71. The first-order chi connectivity index (χ1) is 9.69. The van der Waals surface area contributed by atoms with Gasteiger partial charge in [-0.05, 0) is 76.5 Å². The number of benzene rings is 1. The summed E-state index contributed by atoms with van der Waals surface area (Å²) in [6.07, 6.45) is 3.50. The Morgan fingerprint density at radius 3 is 2.10 bits per heavy atom. The Labute approximate surface area is 130 Å². The molecule has 0 aliphatic carbocycles. The third-order valence-corrected chi connectivity index (χ3v) is 5.16. The van der Waals surface area contributed by atoms with Crippen molar-refractivity contribution < 1.29 is 9.31 Å². The minimum atomic E-state index is -0.282. The van der Waals surface area contributed by atoms with E-state index < -0.39 is 0 Å². The van der Waals surface area contributed by atoms with Gasteiger partial charge in [0, 0.05) is 0 Å². The predicted molar refractivity (Wildman–Crippen MR) is 90.2 cm³/mol. The van der Waals surface area contributed by atoms with Crippen LogP contribution in [0.5, 0.6) is 0 Å². The summed E-state index contributed by atoms with van der Waals surface area (Å²) in [5, 5.41) is 0. The smallest absolute Gasteiger partial charge is 0.399 e. The molecule has 116 valence electrons. The summed E-state index contributed by atoms with van der Waals surface area (Å²) in [5.74, 6) is 0. The van der Waals surface area contributed by atoms with Crippen LogP contribution in [-0.2, 0) is 15.7 Å². The van der Waals surface area contributed by atoms with Gasteiger partial charge in [0.2, 0.25) is 0 Å². The van der Waals surface area contributed by atoms with E-state index in [-0.39, 0.29) is 18.3 Å². The lowest BCUT2D eigenvalue weighted by molar-refractivity contribution is 0.00578. The molecule has 0 aromatic heterocycles. The van der Waals surface area contributed by atoms with Gasteiger partial charge in [-0.15, -0.1) is 0 Å². The molecule has 1 aliphatic heterocycles. The van der Waals surface area contributed by atoms with Crippen LogP contribution < -0.4 is 5.46 Å². The SMILES string of the molecule is CCCCc1ccc(C)c(C)c1B1OC(C)(C)C(C)(C)O1. The van der Waals surface area contributed by atoms with Gasteiger partial charge in [-0.1, -0.05) is 25.5 Å². The first-order valence-electron chi connectivity index (χ1n) is 8.14. The molecular weight excluding hydrogens is 259 g/mol. The molecule has 0 N–H and O–H groups in total. The average Bonchev–Trinajstić information content (AvgIpc) is 2.59. The minimum absolute atomic E-state index is 0.248. The summed E-state index contributed by atoms with van der Waals surface area (Å²) < 4.78 is 12.6. The fraction of sp³-hybridized carbons (Fsp3) is 0.667. The van der Waals surface area contributed by atoms with Gasteiger partial charge < -0.3 is 9.31 Å². The number of rotatable bonds is 4. The van der Waals surface area contributed by atoms with Crippen molar-refractivity contribution in [1.82, 2.24) is 0 Å². The molecule has 2 rings (SSSR count). The molecule has 0 amide bonds. The van der Waals surface area contributed by atoms with Gasteiger partial charge >= 0.3 is 7.12 Å². The summed E-state index contributed by atoms with van der Waals surface area (Å²) in [4.78, 5) is 0. The van der Waals surface area contributed by atoms with Gasteiger partial charge in [0.05, 0.1) is 11.2 Å². The largest absolute Gasteiger partial charge is 0.495 e. The summed E-state index contributed by atoms with van der Waals surface area (Å²) in [7, 11) is -0.248. The minimum Gasteiger partial charge on any atom is -0.399 e. The van der Waals surface area contributed by atoms with Crippen LogP contribution in [0.4, 0.5) is 0 Å². The highest BCUT2D eigenvalue weighted by molar-refractivity contribution is 6.63. The second kappa shape index (κ2) is 5.77. The molecule has 0 spiro atoms. The van der Waals surface area contributed by atoms with Gasteiger partial charge in [0.1, 0.15) is 0 Å². The number of hydrogen-bond acceptors (Lipinski definition) is 2. The summed E-state index contributed by atoms with van der Waals surface area (Å²) >= 11 is 0. The molecule has 1 aromatic carbocycles. The van der Waals surface area contributed by atoms with E-state index in [0.717, 1.165) is 6.42 Å². The molecule has 1 fully saturated rings. The van der Waals surface area contributed by atoms with Gasteiger partial charge in [-0.2, -0.15) is 0 Å². The molecule has 1 aromatic rings. The molecule has 1 saturated heterocycles. The van der Waals surface area contributed by atoms with Crippen molar-refractivity contribution in [1.29, 1.82) is 0 Å². The van der Waals surface area contributed by atoms with Crippen molar-refractivity contribution in [2.45, 2.75) is 78.9 Å². The van der Waals surface area contributed by atoms with Crippen LogP contribution in [0.15, 0.2) is 12.1 Å². The summed E-state index contributed by atoms with van der Waals surface area (Å²) in [5.41, 5.74) is 4.67. The first-order valence-corrected chi connectivity index (χ1v) is 8.14. The molecule has 0 radical (unpaired) electrons. The van der Waals surface area contributed by atoms with Gasteiger partial charge in [0.15, 0.2) is 0 Å². The van der Waals surface area contributed by atoms with Crippen molar-refractivity contribution in [3.05, 3.63) is 28.8 Å². The Bertz CT molecular complexity index is 504. The lowest BCUT2D eigenvalue weighted by Crippen LogP contribution is -2.41. The van der Waals surface area contributed by atoms with Gasteiger partial charge in [0.25, 0.3) is 0 Å². The molecule has 0 saturated carbocycles. The molecular formula is C18H29BO2. The number of hydrogen-bond donors (Lipinski definition) is 0. The first kappa shape index (κ1) is 16.6. The standard InChI is InChI=1S/C18H29BO2/c1-8-9-10-15-12-11-13(2)14(3)16(15)19-20-17(4,5)18(6,7)21-19/h11-12H,8-10H2,1-7H3. The predicted octanol–water partition coefficient (Wildman–Crippen LogP) is 3.95. The van der Waals surface area contributed by atoms with E-state index in [1.54, 1.807) is 0 Å². The highest BCUT2D eigenvalue weighted by Gasteiger charge is 2.52. The van der Waals surface area contributed by atoms with Crippen LogP contribution in [0.25, 0.3) is 0 Å². The quantitative estimate of drug-likeness (QED) is 0.781. The van der Waals surface area contributed by atoms with E-state index in [1.807, 2.05) is 0 Å². The topological polar surface area (TPSA) is 18.5 Å². The van der Waals surface area contributed by atoms with Gasteiger partial charge in [-0.3, -0.25) is 0 Å². The third kappa shape index (κ3) is 3.05. The van der Waals surface area contributed by atoms with E-state index in [0.29, 0.717) is 0 Å². The van der Waals surface area contributed by atoms with E-state index in [2.05, 4.69) is 60.6 Å². The van der Waals surface area contributed by atoms with Crippen molar-refractivity contribution in [2.75, 3.05) is 0 Å². The molecule has 1 aliphatic rings. The Kier molecular flexibility index (Phi) is 4.56. The highest BCUT2D eigenvalue weighted by Crippen LogP contribution is 2.37. The Hall–Kier alpha value is -0.795. The van der Waals surface area contributed by atoms with E-state index in [4.69, 9.17) is 9.31 Å². The van der Waals surface area contributed by atoms with E-state index >= 15 is 0 Å². The summed E-state index contributed by atoms with van der Waals surface area (Å²) in [6.45, 7) is 15.0. The molecule has 2 nitrogen and oxygen atoms in total. The Morgan fingerprint density at radius 2 is 1.57 bits per heavy atom. The van der Waals surface area contributed by atoms with Crippen LogP contribution in [0.3, 0.4) is 0 Å². The van der Waals surface area contributed by atoms with E-state index in [9.17, 15) is 0 Å². The number of aryl methyl sites for hydroxylation is 2. The Balaban J connectivity index is 2.41. The molecule has 0 atom stereocenters. The maximum absolute atomic E-state index is 6.28. The zero-order valence-corrected chi connectivity index (χ0v) is 14.7. The highest BCUT2D eigenvalue weighted by atomic mass is 16.7. The fourth-order valence-electron chi connectivity index (χ4n) is 2.77. The van der Waals surface area contributed by atoms with Gasteiger partial charge in [-0.25, -0.2) is 0 Å². The molecule has 21 heavy (non-hydrogen) atoms. The van der Waals surface area contributed by atoms with Crippen LogP contribution in [0.2, 0.25) is 0 Å². The molecule has 0 unspecified atom stereocenters. The second-order valence-electron chi connectivity index (χ2n) is 7.27. The van der Waals surface area contributed by atoms with E-state index in [1.165, 1.54) is 35.0 Å². The van der Waals surface area contributed by atoms with Crippen molar-refractivity contribution in [2.24, 2.45) is 0 Å². The zero-order valence-electron chi connectivity index (χ0n) is 14.7. The Morgan fingerprint density at radius 1 is 1.00 bits per heavy atom. The van der Waals surface area contributed by atoms with Crippen LogP contribution in [0.1, 0.15) is 64.2 Å². The molecule has 3 heteroatoms. The third-order valence-electron chi connectivity index (χ3n) is 5.16.